The molecule has 0 fully saturated rings. The van der Waals surface area contributed by atoms with Crippen LogP contribution < -0.4 is 5.32 Å². The van der Waals surface area contributed by atoms with E-state index in [2.05, 4.69) is 31.4 Å². The molecule has 3 aromatic rings. The molecule has 0 atom stereocenters. The highest BCUT2D eigenvalue weighted by Gasteiger charge is 2.23. The number of aromatic nitrogens is 2. The molecule has 10 heteroatoms. The van der Waals surface area contributed by atoms with Crippen LogP contribution in [0.1, 0.15) is 15.9 Å². The van der Waals surface area contributed by atoms with Gasteiger partial charge in [0, 0.05) is 10.0 Å². The highest BCUT2D eigenvalue weighted by molar-refractivity contribution is 9.10. The lowest BCUT2D eigenvalue weighted by Crippen LogP contribution is -2.12. The maximum atomic E-state index is 13.7. The molecule has 0 saturated heterocycles. The molecule has 2 aromatic carbocycles. The molecule has 1 amide bonds. The first-order chi connectivity index (χ1) is 12.4. The lowest BCUT2D eigenvalue weighted by Gasteiger charge is -2.03. The van der Waals surface area contributed by atoms with Gasteiger partial charge < -0.3 is 0 Å². The largest absolute Gasteiger partial charge is 0.296 e. The highest BCUT2D eigenvalue weighted by atomic mass is 79.9. The van der Waals surface area contributed by atoms with Crippen molar-refractivity contribution in [2.75, 3.05) is 5.32 Å². The monoisotopic (exact) mass is 455 g/mol. The summed E-state index contributed by atoms with van der Waals surface area (Å²) in [5, 5.41) is 9.85. The number of benzene rings is 2. The Labute approximate surface area is 161 Å². The highest BCUT2D eigenvalue weighted by Crippen LogP contribution is 2.25. The van der Waals surface area contributed by atoms with E-state index in [0.717, 1.165) is 0 Å². The molecule has 134 valence electrons. The summed E-state index contributed by atoms with van der Waals surface area (Å²) in [6, 6.07) is 12.4. The molecule has 1 N–H and O–H groups in total. The van der Waals surface area contributed by atoms with Gasteiger partial charge in [0.15, 0.2) is 0 Å². The number of rotatable bonds is 5. The van der Waals surface area contributed by atoms with Crippen LogP contribution in [0.5, 0.6) is 0 Å². The molecule has 0 aliphatic rings. The van der Waals surface area contributed by atoms with Gasteiger partial charge in [-0.15, -0.1) is 10.2 Å². The van der Waals surface area contributed by atoms with Crippen LogP contribution >= 0.6 is 27.3 Å². The molecule has 3 rings (SSSR count). The molecular weight excluding hydrogens is 445 g/mol. The second-order valence-electron chi connectivity index (χ2n) is 5.16. The predicted molar refractivity (Wildman–Crippen MR) is 99.3 cm³/mol. The number of carbonyl (C=O) groups is 1. The maximum Gasteiger partial charge on any atom is 0.258 e. The number of halogens is 2. The fourth-order valence-corrected chi connectivity index (χ4v) is 4.87. The van der Waals surface area contributed by atoms with Gasteiger partial charge >= 0.3 is 0 Å². The average molecular weight is 456 g/mol. The quantitative estimate of drug-likeness (QED) is 0.592. The van der Waals surface area contributed by atoms with E-state index in [-0.39, 0.29) is 15.0 Å². The SMILES string of the molecule is O=C(Nc1nnc(S(=O)(=O)Cc2ccccc2F)s1)c1ccccc1Br. The van der Waals surface area contributed by atoms with Crippen LogP contribution in [0.25, 0.3) is 0 Å². The van der Waals surface area contributed by atoms with E-state index in [1.54, 1.807) is 30.3 Å². The molecule has 26 heavy (non-hydrogen) atoms. The first-order valence-electron chi connectivity index (χ1n) is 7.22. The minimum atomic E-state index is -3.88. The summed E-state index contributed by atoms with van der Waals surface area (Å²) in [5.41, 5.74) is 0.417. The summed E-state index contributed by atoms with van der Waals surface area (Å²) in [7, 11) is -3.88. The van der Waals surface area contributed by atoms with Crippen molar-refractivity contribution in [2.24, 2.45) is 0 Å². The summed E-state index contributed by atoms with van der Waals surface area (Å²) >= 11 is 3.98. The fraction of sp³-hybridized carbons (Fsp3) is 0.0625. The number of carbonyl (C=O) groups excluding carboxylic acids is 1. The molecule has 1 heterocycles. The summed E-state index contributed by atoms with van der Waals surface area (Å²) < 4.78 is 38.8. The number of hydrogen-bond donors (Lipinski definition) is 1. The summed E-state index contributed by atoms with van der Waals surface area (Å²) in [6.45, 7) is 0. The van der Waals surface area contributed by atoms with Gasteiger partial charge in [-0.2, -0.15) is 0 Å². The minimum absolute atomic E-state index is 0.0397. The van der Waals surface area contributed by atoms with Gasteiger partial charge in [0.05, 0.1) is 11.3 Å². The minimum Gasteiger partial charge on any atom is -0.296 e. The Hall–Kier alpha value is -2.17. The van der Waals surface area contributed by atoms with E-state index >= 15 is 0 Å². The van der Waals surface area contributed by atoms with Gasteiger partial charge in [0.1, 0.15) is 5.82 Å². The second kappa shape index (κ2) is 7.60. The Morgan fingerprint density at radius 1 is 1.12 bits per heavy atom. The Morgan fingerprint density at radius 2 is 1.81 bits per heavy atom. The topological polar surface area (TPSA) is 89.0 Å². The van der Waals surface area contributed by atoms with Crippen LogP contribution in [0, 0.1) is 5.82 Å². The van der Waals surface area contributed by atoms with Crippen molar-refractivity contribution < 1.29 is 17.6 Å². The lowest BCUT2D eigenvalue weighted by molar-refractivity contribution is 0.102. The molecule has 0 radical (unpaired) electrons. The van der Waals surface area contributed by atoms with Crippen molar-refractivity contribution in [3.8, 4) is 0 Å². The Morgan fingerprint density at radius 3 is 2.54 bits per heavy atom. The van der Waals surface area contributed by atoms with Crippen LogP contribution in [-0.4, -0.2) is 24.5 Å². The van der Waals surface area contributed by atoms with Gasteiger partial charge in [0.2, 0.25) is 19.3 Å². The van der Waals surface area contributed by atoms with E-state index in [4.69, 9.17) is 0 Å². The molecule has 0 spiro atoms. The van der Waals surface area contributed by atoms with Crippen molar-refractivity contribution in [1.82, 2.24) is 10.2 Å². The summed E-state index contributed by atoms with van der Waals surface area (Å²) in [5.74, 6) is -1.60. The van der Waals surface area contributed by atoms with Crippen molar-refractivity contribution in [2.45, 2.75) is 10.1 Å². The third-order valence-electron chi connectivity index (χ3n) is 3.31. The first-order valence-corrected chi connectivity index (χ1v) is 10.5. The number of sulfone groups is 1. The molecular formula is C16H11BrFN3O3S2. The van der Waals surface area contributed by atoms with Gasteiger partial charge in [-0.1, -0.05) is 41.7 Å². The van der Waals surface area contributed by atoms with E-state index in [1.165, 1.54) is 18.2 Å². The van der Waals surface area contributed by atoms with Gasteiger partial charge in [-0.3, -0.25) is 10.1 Å². The molecule has 0 unspecified atom stereocenters. The zero-order chi connectivity index (χ0) is 18.7. The molecule has 0 bridgehead atoms. The summed E-state index contributed by atoms with van der Waals surface area (Å²) in [6.07, 6.45) is 0. The van der Waals surface area contributed by atoms with E-state index in [9.17, 15) is 17.6 Å². The first kappa shape index (κ1) is 18.6. The molecule has 1 aromatic heterocycles. The fourth-order valence-electron chi connectivity index (χ4n) is 2.08. The van der Waals surface area contributed by atoms with E-state index < -0.39 is 27.3 Å². The van der Waals surface area contributed by atoms with Crippen LogP contribution in [-0.2, 0) is 15.6 Å². The average Bonchev–Trinajstić information content (AvgIpc) is 3.06. The third kappa shape index (κ3) is 4.14. The van der Waals surface area contributed by atoms with Crippen LogP contribution in [0.3, 0.4) is 0 Å². The van der Waals surface area contributed by atoms with E-state index in [0.29, 0.717) is 21.4 Å². The maximum absolute atomic E-state index is 13.7. The number of hydrogen-bond acceptors (Lipinski definition) is 6. The Balaban J connectivity index is 1.78. The Bertz CT molecular complexity index is 1070. The normalized spacial score (nSPS) is 11.3. The van der Waals surface area contributed by atoms with Gasteiger partial charge in [-0.25, -0.2) is 12.8 Å². The van der Waals surface area contributed by atoms with Crippen LogP contribution in [0.15, 0.2) is 57.3 Å². The zero-order valence-corrected chi connectivity index (χ0v) is 16.2. The lowest BCUT2D eigenvalue weighted by atomic mass is 10.2. The van der Waals surface area contributed by atoms with Gasteiger partial charge in [-0.05, 0) is 34.1 Å². The smallest absolute Gasteiger partial charge is 0.258 e. The molecule has 0 aliphatic carbocycles. The van der Waals surface area contributed by atoms with E-state index in [1.807, 2.05) is 0 Å². The number of nitrogens with one attached hydrogen (secondary N) is 1. The Kier molecular flexibility index (Phi) is 5.44. The van der Waals surface area contributed by atoms with Gasteiger partial charge in [0.25, 0.3) is 5.91 Å². The molecule has 6 nitrogen and oxygen atoms in total. The van der Waals surface area contributed by atoms with Crippen LogP contribution in [0.4, 0.5) is 9.52 Å². The van der Waals surface area contributed by atoms with Crippen molar-refractivity contribution in [3.63, 3.8) is 0 Å². The van der Waals surface area contributed by atoms with Crippen molar-refractivity contribution >= 4 is 48.1 Å². The molecule has 0 aliphatic heterocycles. The number of anilines is 1. The standard InChI is InChI=1S/C16H11BrFN3O3S2/c17-12-7-3-2-6-11(12)14(22)19-15-20-21-16(25-15)26(23,24)9-10-5-1-4-8-13(10)18/h1-8H,9H2,(H,19,20,22). The number of amides is 1. The predicted octanol–water partition coefficient (Wildman–Crippen LogP) is 3.67. The number of nitrogens with zero attached hydrogens (tertiary/aromatic N) is 2. The summed E-state index contributed by atoms with van der Waals surface area (Å²) in [4.78, 5) is 12.2. The third-order valence-corrected chi connectivity index (χ3v) is 6.96. The molecule has 0 saturated carbocycles. The van der Waals surface area contributed by atoms with Crippen molar-refractivity contribution in [3.05, 3.63) is 69.9 Å². The van der Waals surface area contributed by atoms with Crippen LogP contribution in [0.2, 0.25) is 0 Å². The second-order valence-corrected chi connectivity index (χ2v) is 9.15. The zero-order valence-electron chi connectivity index (χ0n) is 13.0. The van der Waals surface area contributed by atoms with Crippen molar-refractivity contribution in [1.29, 1.82) is 0 Å².